The van der Waals surface area contributed by atoms with Gasteiger partial charge in [0.2, 0.25) is 5.91 Å². The van der Waals surface area contributed by atoms with Gasteiger partial charge in [0, 0.05) is 5.56 Å². The van der Waals surface area contributed by atoms with Gasteiger partial charge in [0.25, 0.3) is 0 Å². The van der Waals surface area contributed by atoms with E-state index in [2.05, 4.69) is 0 Å². The zero-order chi connectivity index (χ0) is 15.5. The van der Waals surface area contributed by atoms with Crippen molar-refractivity contribution in [1.29, 1.82) is 0 Å². The molecule has 1 aromatic carbocycles. The van der Waals surface area contributed by atoms with E-state index in [1.54, 1.807) is 6.07 Å². The van der Waals surface area contributed by atoms with Crippen LogP contribution in [0.1, 0.15) is 31.9 Å². The van der Waals surface area contributed by atoms with Crippen LogP contribution in [0, 0.1) is 0 Å². The normalized spacial score (nSPS) is 11.0. The number of ether oxygens (including phenoxy) is 2. The molecule has 0 unspecified atom stereocenters. The summed E-state index contributed by atoms with van der Waals surface area (Å²) >= 11 is 0. The third kappa shape index (κ3) is 3.88. The van der Waals surface area contributed by atoms with Gasteiger partial charge in [-0.3, -0.25) is 4.79 Å². The average Bonchev–Trinajstić information content (AvgIpc) is 2.25. The lowest BCUT2D eigenvalue weighted by Gasteiger charge is -2.22. The third-order valence-corrected chi connectivity index (χ3v) is 2.78. The number of rotatable bonds is 4. The molecule has 0 heterocycles. The molecule has 20 heavy (non-hydrogen) atoms. The molecule has 0 aliphatic rings. The summed E-state index contributed by atoms with van der Waals surface area (Å²) in [5.41, 5.74) is 11.5. The van der Waals surface area contributed by atoms with Crippen LogP contribution in [-0.4, -0.2) is 19.1 Å². The van der Waals surface area contributed by atoms with E-state index >= 15 is 0 Å². The van der Waals surface area contributed by atoms with Crippen LogP contribution in [0.5, 0.6) is 11.5 Å². The fraction of sp³-hybridized carbons (Fsp3) is 0.429. The molecule has 0 atom stereocenters. The Bertz CT molecular complexity index is 495. The van der Waals surface area contributed by atoms with Gasteiger partial charge in [-0.2, -0.15) is 0 Å². The molecule has 0 aliphatic carbocycles. The second-order valence-corrected chi connectivity index (χ2v) is 5.48. The van der Waals surface area contributed by atoms with Gasteiger partial charge in [-0.15, -0.1) is 0 Å². The number of carbonyl (C=O) groups excluding carboxylic acids is 2. The Labute approximate surface area is 118 Å². The van der Waals surface area contributed by atoms with Crippen LogP contribution in [0.2, 0.25) is 0 Å². The van der Waals surface area contributed by atoms with Gasteiger partial charge in [0.05, 0.1) is 13.5 Å². The van der Waals surface area contributed by atoms with E-state index in [1.165, 1.54) is 7.11 Å². The highest BCUT2D eigenvalue weighted by Gasteiger charge is 2.22. The van der Waals surface area contributed by atoms with Crippen LogP contribution in [0.25, 0.3) is 0 Å². The summed E-state index contributed by atoms with van der Waals surface area (Å²) in [6.45, 7) is 5.99. The number of primary amides is 2. The van der Waals surface area contributed by atoms with E-state index in [0.29, 0.717) is 5.56 Å². The molecule has 0 aromatic heterocycles. The maximum atomic E-state index is 11.2. The van der Waals surface area contributed by atoms with Crippen molar-refractivity contribution >= 4 is 12.0 Å². The summed E-state index contributed by atoms with van der Waals surface area (Å²) in [5, 5.41) is 0. The highest BCUT2D eigenvalue weighted by atomic mass is 16.6. The van der Waals surface area contributed by atoms with Crippen LogP contribution in [0.4, 0.5) is 4.79 Å². The topological polar surface area (TPSA) is 105 Å². The lowest BCUT2D eigenvalue weighted by molar-refractivity contribution is -0.117. The number of amides is 2. The quantitative estimate of drug-likeness (QED) is 0.871. The van der Waals surface area contributed by atoms with Crippen molar-refractivity contribution < 1.29 is 19.1 Å². The van der Waals surface area contributed by atoms with Crippen molar-refractivity contribution in [3.8, 4) is 11.5 Å². The van der Waals surface area contributed by atoms with Crippen LogP contribution in [-0.2, 0) is 16.6 Å². The minimum absolute atomic E-state index is 0.0117. The summed E-state index contributed by atoms with van der Waals surface area (Å²) < 4.78 is 10.2. The first-order valence-electron chi connectivity index (χ1n) is 6.12. The van der Waals surface area contributed by atoms with Crippen molar-refractivity contribution in [3.05, 3.63) is 23.3 Å². The van der Waals surface area contributed by atoms with Gasteiger partial charge >= 0.3 is 6.09 Å². The Hall–Kier alpha value is -2.24. The molecule has 110 valence electrons. The largest absolute Gasteiger partial charge is 0.493 e. The Morgan fingerprint density at radius 3 is 2.20 bits per heavy atom. The molecule has 1 aromatic rings. The summed E-state index contributed by atoms with van der Waals surface area (Å²) in [7, 11) is 1.42. The van der Waals surface area contributed by atoms with E-state index in [4.69, 9.17) is 20.9 Å². The number of hydrogen-bond donors (Lipinski definition) is 2. The highest BCUT2D eigenvalue weighted by Crippen LogP contribution is 2.37. The van der Waals surface area contributed by atoms with Gasteiger partial charge in [-0.05, 0) is 17.0 Å². The number of methoxy groups -OCH3 is 1. The van der Waals surface area contributed by atoms with Gasteiger partial charge in [-0.1, -0.05) is 26.8 Å². The number of hydrogen-bond acceptors (Lipinski definition) is 4. The molecule has 0 aliphatic heterocycles. The Morgan fingerprint density at radius 2 is 1.80 bits per heavy atom. The molecule has 0 saturated heterocycles. The molecule has 0 fully saturated rings. The molecule has 0 radical (unpaired) electrons. The van der Waals surface area contributed by atoms with E-state index in [-0.39, 0.29) is 23.3 Å². The number of benzene rings is 1. The predicted molar refractivity (Wildman–Crippen MR) is 74.8 cm³/mol. The van der Waals surface area contributed by atoms with Crippen molar-refractivity contribution in [3.63, 3.8) is 0 Å². The van der Waals surface area contributed by atoms with Gasteiger partial charge in [0.1, 0.15) is 0 Å². The van der Waals surface area contributed by atoms with E-state index in [9.17, 15) is 9.59 Å². The van der Waals surface area contributed by atoms with E-state index in [0.717, 1.165) is 5.56 Å². The zero-order valence-electron chi connectivity index (χ0n) is 12.1. The smallest absolute Gasteiger partial charge is 0.410 e. The average molecular weight is 280 g/mol. The van der Waals surface area contributed by atoms with Crippen LogP contribution < -0.4 is 20.9 Å². The first kappa shape index (κ1) is 15.8. The molecule has 0 spiro atoms. The van der Waals surface area contributed by atoms with Crippen LogP contribution >= 0.6 is 0 Å². The van der Waals surface area contributed by atoms with Crippen molar-refractivity contribution in [2.45, 2.75) is 32.6 Å². The second-order valence-electron chi connectivity index (χ2n) is 5.48. The molecule has 6 nitrogen and oxygen atoms in total. The predicted octanol–water partition coefficient (Wildman–Crippen LogP) is 1.48. The Kier molecular flexibility index (Phi) is 4.60. The van der Waals surface area contributed by atoms with Gasteiger partial charge in [-0.25, -0.2) is 4.79 Å². The van der Waals surface area contributed by atoms with Crippen molar-refractivity contribution in [1.82, 2.24) is 0 Å². The monoisotopic (exact) mass is 280 g/mol. The molecule has 6 heteroatoms. The Morgan fingerprint density at radius 1 is 1.20 bits per heavy atom. The SMILES string of the molecule is COc1c(CC(N)=O)cc(C(C)(C)C)cc1OC(N)=O. The zero-order valence-corrected chi connectivity index (χ0v) is 12.1. The molecular weight excluding hydrogens is 260 g/mol. The molecule has 0 bridgehead atoms. The van der Waals surface area contributed by atoms with Crippen LogP contribution in [0.15, 0.2) is 12.1 Å². The van der Waals surface area contributed by atoms with Crippen LogP contribution in [0.3, 0.4) is 0 Å². The number of nitrogens with two attached hydrogens (primary N) is 2. The summed E-state index contributed by atoms with van der Waals surface area (Å²) in [6.07, 6.45) is -0.957. The summed E-state index contributed by atoms with van der Waals surface area (Å²) in [6, 6.07) is 3.49. The molecule has 2 amide bonds. The van der Waals surface area contributed by atoms with Crippen molar-refractivity contribution in [2.75, 3.05) is 7.11 Å². The fourth-order valence-corrected chi connectivity index (χ4v) is 1.83. The molecule has 4 N–H and O–H groups in total. The third-order valence-electron chi connectivity index (χ3n) is 2.78. The standard InChI is InChI=1S/C14H20N2O4/c1-14(2,3)9-5-8(6-11(15)17)12(19-4)10(7-9)20-13(16)18/h5,7H,6H2,1-4H3,(H2,15,17)(H2,16,18). The van der Waals surface area contributed by atoms with E-state index in [1.807, 2.05) is 26.8 Å². The molecule has 0 saturated carbocycles. The highest BCUT2D eigenvalue weighted by molar-refractivity contribution is 5.78. The van der Waals surface area contributed by atoms with E-state index < -0.39 is 12.0 Å². The lowest BCUT2D eigenvalue weighted by atomic mass is 9.85. The number of carbonyl (C=O) groups is 2. The fourth-order valence-electron chi connectivity index (χ4n) is 1.83. The Balaban J connectivity index is 3.46. The lowest BCUT2D eigenvalue weighted by Crippen LogP contribution is -2.20. The maximum Gasteiger partial charge on any atom is 0.410 e. The molecule has 1 rings (SSSR count). The first-order chi connectivity index (χ1) is 9.15. The summed E-state index contributed by atoms with van der Waals surface area (Å²) in [5.74, 6) is -0.0290. The first-order valence-corrected chi connectivity index (χ1v) is 6.12. The minimum Gasteiger partial charge on any atom is -0.493 e. The summed E-state index contributed by atoms with van der Waals surface area (Å²) in [4.78, 5) is 22.1. The minimum atomic E-state index is -0.945. The molecular formula is C14H20N2O4. The van der Waals surface area contributed by atoms with Crippen molar-refractivity contribution in [2.24, 2.45) is 11.5 Å². The second kappa shape index (κ2) is 5.81. The van der Waals surface area contributed by atoms with Gasteiger partial charge < -0.3 is 20.9 Å². The van der Waals surface area contributed by atoms with Gasteiger partial charge in [0.15, 0.2) is 11.5 Å². The maximum absolute atomic E-state index is 11.2.